The zero-order chi connectivity index (χ0) is 9.47. The topological polar surface area (TPSA) is 12.9 Å². The van der Waals surface area contributed by atoms with Crippen molar-refractivity contribution in [1.29, 1.82) is 0 Å². The molecule has 2 rings (SSSR count). The van der Waals surface area contributed by atoms with Crippen molar-refractivity contribution in [3.8, 4) is 0 Å². The van der Waals surface area contributed by atoms with E-state index in [1.54, 1.807) is 12.1 Å². The Morgan fingerprint density at radius 1 is 1.38 bits per heavy atom. The minimum Gasteiger partial charge on any atom is -0.241 e. The summed E-state index contributed by atoms with van der Waals surface area (Å²) in [7, 11) is 0. The van der Waals surface area contributed by atoms with Crippen LogP contribution in [-0.2, 0) is 12.8 Å². The molecule has 0 amide bonds. The molecule has 4 heteroatoms. The van der Waals surface area contributed by atoms with Crippen LogP contribution < -0.4 is 0 Å². The van der Waals surface area contributed by atoms with Gasteiger partial charge in [-0.3, -0.25) is 0 Å². The SMILES string of the molecule is FC1(F)CCc2nc(Cl)ccc2C1. The molecule has 1 heterocycles. The zero-order valence-corrected chi connectivity index (χ0v) is 7.61. The third-order valence-electron chi connectivity index (χ3n) is 2.21. The lowest BCUT2D eigenvalue weighted by molar-refractivity contribution is -0.0127. The molecule has 0 fully saturated rings. The Morgan fingerprint density at radius 2 is 2.15 bits per heavy atom. The van der Waals surface area contributed by atoms with Crippen molar-refractivity contribution >= 4 is 11.6 Å². The van der Waals surface area contributed by atoms with E-state index in [1.165, 1.54) is 0 Å². The van der Waals surface area contributed by atoms with Crippen molar-refractivity contribution < 1.29 is 8.78 Å². The molecular weight excluding hydrogens is 196 g/mol. The van der Waals surface area contributed by atoms with Gasteiger partial charge in [-0.2, -0.15) is 0 Å². The highest BCUT2D eigenvalue weighted by Crippen LogP contribution is 2.32. The van der Waals surface area contributed by atoms with E-state index < -0.39 is 5.92 Å². The lowest BCUT2D eigenvalue weighted by atomic mass is 9.93. The minimum atomic E-state index is -2.57. The second-order valence-electron chi connectivity index (χ2n) is 3.27. The van der Waals surface area contributed by atoms with Gasteiger partial charge in [0.2, 0.25) is 0 Å². The molecule has 0 radical (unpaired) electrons. The van der Waals surface area contributed by atoms with Crippen LogP contribution in [0.15, 0.2) is 12.1 Å². The number of alkyl halides is 2. The molecule has 0 atom stereocenters. The van der Waals surface area contributed by atoms with Crippen molar-refractivity contribution in [2.45, 2.75) is 25.2 Å². The third kappa shape index (κ3) is 1.80. The van der Waals surface area contributed by atoms with Crippen LogP contribution >= 0.6 is 11.6 Å². The highest BCUT2D eigenvalue weighted by molar-refractivity contribution is 6.29. The van der Waals surface area contributed by atoms with Crippen molar-refractivity contribution in [3.63, 3.8) is 0 Å². The van der Waals surface area contributed by atoms with Crippen molar-refractivity contribution in [2.24, 2.45) is 0 Å². The van der Waals surface area contributed by atoms with E-state index in [4.69, 9.17) is 11.6 Å². The summed E-state index contributed by atoms with van der Waals surface area (Å²) in [6, 6.07) is 3.19. The summed E-state index contributed by atoms with van der Waals surface area (Å²) in [5.74, 6) is -2.57. The van der Waals surface area contributed by atoms with E-state index in [0.717, 1.165) is 5.69 Å². The Hall–Kier alpha value is -0.700. The average Bonchev–Trinajstić information content (AvgIpc) is 2.05. The minimum absolute atomic E-state index is 0.118. The standard InChI is InChI=1S/C9H8ClF2N/c10-8-2-1-6-5-9(11,12)4-3-7(6)13-8/h1-2H,3-5H2. The van der Waals surface area contributed by atoms with Gasteiger partial charge in [-0.1, -0.05) is 17.7 Å². The highest BCUT2D eigenvalue weighted by atomic mass is 35.5. The van der Waals surface area contributed by atoms with Crippen molar-refractivity contribution in [3.05, 3.63) is 28.5 Å². The van der Waals surface area contributed by atoms with E-state index in [-0.39, 0.29) is 12.8 Å². The number of aryl methyl sites for hydroxylation is 1. The van der Waals surface area contributed by atoms with E-state index in [1.807, 2.05) is 0 Å². The lowest BCUT2D eigenvalue weighted by Crippen LogP contribution is -2.26. The Balaban J connectivity index is 2.37. The molecule has 0 bridgehead atoms. The smallest absolute Gasteiger partial charge is 0.241 e. The summed E-state index contributed by atoms with van der Waals surface area (Å²) in [5.41, 5.74) is 1.35. The summed E-state index contributed by atoms with van der Waals surface area (Å²) < 4.78 is 25.8. The van der Waals surface area contributed by atoms with Gasteiger partial charge in [0.1, 0.15) is 5.15 Å². The van der Waals surface area contributed by atoms with Crippen molar-refractivity contribution in [2.75, 3.05) is 0 Å². The first-order chi connectivity index (χ1) is 6.07. The van der Waals surface area contributed by atoms with E-state index >= 15 is 0 Å². The van der Waals surface area contributed by atoms with Crippen LogP contribution in [0.2, 0.25) is 5.15 Å². The number of fused-ring (bicyclic) bond motifs is 1. The third-order valence-corrected chi connectivity index (χ3v) is 2.42. The predicted octanol–water partition coefficient (Wildman–Crippen LogP) is 2.86. The van der Waals surface area contributed by atoms with Gasteiger partial charge in [0.05, 0.1) is 0 Å². The Morgan fingerprint density at radius 3 is 2.92 bits per heavy atom. The molecule has 13 heavy (non-hydrogen) atoms. The first kappa shape index (κ1) is 8.88. The van der Waals surface area contributed by atoms with Gasteiger partial charge in [0.25, 0.3) is 5.92 Å². The molecule has 1 nitrogen and oxygen atoms in total. The normalized spacial score (nSPS) is 19.6. The predicted molar refractivity (Wildman–Crippen MR) is 46.2 cm³/mol. The molecule has 0 unspecified atom stereocenters. The number of halogens is 3. The average molecular weight is 204 g/mol. The fraction of sp³-hybridized carbons (Fsp3) is 0.444. The molecule has 0 spiro atoms. The maximum Gasteiger partial charge on any atom is 0.252 e. The molecule has 1 aliphatic rings. The molecule has 1 aliphatic carbocycles. The number of pyridine rings is 1. The van der Waals surface area contributed by atoms with Gasteiger partial charge >= 0.3 is 0 Å². The van der Waals surface area contributed by atoms with Crippen LogP contribution in [0.4, 0.5) is 8.78 Å². The Labute approximate surface area is 79.7 Å². The first-order valence-corrected chi connectivity index (χ1v) is 4.47. The molecule has 0 saturated carbocycles. The number of aromatic nitrogens is 1. The molecule has 0 aromatic carbocycles. The maximum absolute atomic E-state index is 12.9. The van der Waals surface area contributed by atoms with E-state index in [9.17, 15) is 8.78 Å². The van der Waals surface area contributed by atoms with Crippen LogP contribution in [0.25, 0.3) is 0 Å². The number of hydrogen-bond donors (Lipinski definition) is 0. The second-order valence-corrected chi connectivity index (χ2v) is 3.66. The van der Waals surface area contributed by atoms with Crippen LogP contribution in [0.3, 0.4) is 0 Å². The summed E-state index contributed by atoms with van der Waals surface area (Å²) in [5, 5.41) is 0.379. The first-order valence-electron chi connectivity index (χ1n) is 4.09. The molecule has 70 valence electrons. The summed E-state index contributed by atoms with van der Waals surface area (Å²) in [6.45, 7) is 0. The summed E-state index contributed by atoms with van der Waals surface area (Å²) in [6.07, 6.45) is 0.00272. The van der Waals surface area contributed by atoms with Crippen molar-refractivity contribution in [1.82, 2.24) is 4.98 Å². The van der Waals surface area contributed by atoms with Gasteiger partial charge in [0, 0.05) is 18.5 Å². The zero-order valence-electron chi connectivity index (χ0n) is 6.86. The van der Waals surface area contributed by atoms with Gasteiger partial charge in [0.15, 0.2) is 0 Å². The van der Waals surface area contributed by atoms with E-state index in [2.05, 4.69) is 4.98 Å². The van der Waals surface area contributed by atoms with Gasteiger partial charge < -0.3 is 0 Å². The van der Waals surface area contributed by atoms with Crippen LogP contribution in [0, 0.1) is 0 Å². The Kier molecular flexibility index (Phi) is 1.99. The van der Waals surface area contributed by atoms with Gasteiger partial charge in [-0.15, -0.1) is 0 Å². The fourth-order valence-corrected chi connectivity index (χ4v) is 1.71. The summed E-state index contributed by atoms with van der Waals surface area (Å²) >= 11 is 5.65. The quantitative estimate of drug-likeness (QED) is 0.591. The number of hydrogen-bond acceptors (Lipinski definition) is 1. The largest absolute Gasteiger partial charge is 0.252 e. The monoisotopic (exact) mass is 203 g/mol. The highest BCUT2D eigenvalue weighted by Gasteiger charge is 2.34. The van der Waals surface area contributed by atoms with Crippen LogP contribution in [0.1, 0.15) is 17.7 Å². The molecule has 1 aromatic rings. The Bertz CT molecular complexity index is 338. The molecule has 1 aromatic heterocycles. The fourth-order valence-electron chi connectivity index (χ4n) is 1.55. The van der Waals surface area contributed by atoms with Gasteiger partial charge in [-0.05, 0) is 18.1 Å². The van der Waals surface area contributed by atoms with E-state index in [0.29, 0.717) is 17.1 Å². The number of nitrogens with zero attached hydrogens (tertiary/aromatic N) is 1. The second kappa shape index (κ2) is 2.91. The molecule has 0 saturated heterocycles. The number of rotatable bonds is 0. The molecular formula is C9H8ClF2N. The summed E-state index contributed by atoms with van der Waals surface area (Å²) in [4.78, 5) is 4.01. The molecule has 0 N–H and O–H groups in total. The maximum atomic E-state index is 12.9. The molecule has 0 aliphatic heterocycles. The lowest BCUT2D eigenvalue weighted by Gasteiger charge is -2.23. The van der Waals surface area contributed by atoms with Crippen LogP contribution in [0.5, 0.6) is 0 Å². The van der Waals surface area contributed by atoms with Gasteiger partial charge in [-0.25, -0.2) is 13.8 Å². The van der Waals surface area contributed by atoms with Crippen LogP contribution in [-0.4, -0.2) is 10.9 Å².